The van der Waals surface area contributed by atoms with Crippen molar-refractivity contribution in [3.63, 3.8) is 0 Å². The predicted octanol–water partition coefficient (Wildman–Crippen LogP) is 3.13. The summed E-state index contributed by atoms with van der Waals surface area (Å²) in [6.45, 7) is 3.23. The first-order valence-corrected chi connectivity index (χ1v) is 7.20. The molecular weight excluding hydrogens is 270 g/mol. The van der Waals surface area contributed by atoms with Gasteiger partial charge in [0.2, 0.25) is 0 Å². The molecule has 0 saturated heterocycles. The second-order valence-corrected chi connectivity index (χ2v) is 5.80. The molecule has 5 heteroatoms. The number of hydrogen-bond donors (Lipinski definition) is 2. The number of nitrogens with two attached hydrogens (primary N) is 1. The highest BCUT2D eigenvalue weighted by Crippen LogP contribution is 2.17. The highest BCUT2D eigenvalue weighted by Gasteiger charge is 2.02. The number of ether oxygens (including phenoxy) is 1. The van der Waals surface area contributed by atoms with Gasteiger partial charge in [0.15, 0.2) is 5.96 Å². The van der Waals surface area contributed by atoms with Gasteiger partial charge in [-0.2, -0.15) is 0 Å². The Labute approximate surface area is 123 Å². The van der Waals surface area contributed by atoms with E-state index in [-0.39, 0.29) is 0 Å². The smallest absolute Gasteiger partial charge is 0.193 e. The van der Waals surface area contributed by atoms with E-state index >= 15 is 0 Å². The van der Waals surface area contributed by atoms with Crippen molar-refractivity contribution in [1.82, 2.24) is 0 Å². The van der Waals surface area contributed by atoms with Gasteiger partial charge in [0.1, 0.15) is 0 Å². The quantitative estimate of drug-likeness (QED) is 0.656. The Hall–Kier alpha value is -1.85. The van der Waals surface area contributed by atoms with Crippen molar-refractivity contribution in [2.24, 2.45) is 10.7 Å². The average molecular weight is 289 g/mol. The van der Waals surface area contributed by atoms with Crippen molar-refractivity contribution < 1.29 is 4.74 Å². The third kappa shape index (κ3) is 4.08. The zero-order chi connectivity index (χ0) is 14.4. The summed E-state index contributed by atoms with van der Waals surface area (Å²) in [4.78, 5) is 6.85. The van der Waals surface area contributed by atoms with E-state index in [1.165, 1.54) is 9.75 Å². The lowest BCUT2D eigenvalue weighted by Gasteiger charge is -2.10. The molecule has 0 saturated carbocycles. The van der Waals surface area contributed by atoms with Gasteiger partial charge in [-0.25, -0.2) is 4.99 Å². The molecule has 0 amide bonds. The molecule has 0 atom stereocenters. The van der Waals surface area contributed by atoms with Crippen molar-refractivity contribution in [3.05, 3.63) is 51.7 Å². The summed E-state index contributed by atoms with van der Waals surface area (Å²) in [5.41, 5.74) is 7.91. The molecule has 0 spiro atoms. The molecule has 0 radical (unpaired) electrons. The molecule has 1 aromatic carbocycles. The fourth-order valence-corrected chi connectivity index (χ4v) is 2.65. The molecule has 0 bridgehead atoms. The Balaban J connectivity index is 2.01. The molecule has 2 aromatic rings. The monoisotopic (exact) mass is 289 g/mol. The maximum Gasteiger partial charge on any atom is 0.193 e. The van der Waals surface area contributed by atoms with Crippen LogP contribution in [-0.4, -0.2) is 13.1 Å². The maximum atomic E-state index is 5.93. The van der Waals surface area contributed by atoms with E-state index in [2.05, 4.69) is 29.4 Å². The van der Waals surface area contributed by atoms with E-state index in [1.54, 1.807) is 18.4 Å². The van der Waals surface area contributed by atoms with E-state index in [0.717, 1.165) is 11.3 Å². The van der Waals surface area contributed by atoms with Gasteiger partial charge >= 0.3 is 0 Å². The lowest BCUT2D eigenvalue weighted by atomic mass is 10.2. The predicted molar refractivity (Wildman–Crippen MR) is 85.2 cm³/mol. The standard InChI is InChI=1S/C15H19N3OS/c1-11-7-8-13(20-11)9-17-15(16)18-14-6-4-3-5-12(14)10-19-2/h3-8H,9-10H2,1-2H3,(H3,16,17,18). The number of aryl methyl sites for hydroxylation is 1. The van der Waals surface area contributed by atoms with Crippen LogP contribution in [0.1, 0.15) is 15.3 Å². The number of methoxy groups -OCH3 is 1. The normalized spacial score (nSPS) is 11.6. The molecule has 4 nitrogen and oxygen atoms in total. The van der Waals surface area contributed by atoms with Gasteiger partial charge in [-0.15, -0.1) is 11.3 Å². The van der Waals surface area contributed by atoms with E-state index in [9.17, 15) is 0 Å². The van der Waals surface area contributed by atoms with Crippen LogP contribution in [0.3, 0.4) is 0 Å². The number of para-hydroxylation sites is 1. The zero-order valence-electron chi connectivity index (χ0n) is 11.7. The molecule has 0 aliphatic rings. The van der Waals surface area contributed by atoms with Crippen LogP contribution < -0.4 is 11.1 Å². The number of thiophene rings is 1. The molecule has 0 fully saturated rings. The summed E-state index contributed by atoms with van der Waals surface area (Å²) in [6, 6.07) is 12.1. The molecule has 106 valence electrons. The molecule has 1 heterocycles. The van der Waals surface area contributed by atoms with Crippen molar-refractivity contribution in [2.75, 3.05) is 12.4 Å². The van der Waals surface area contributed by atoms with Crippen LogP contribution in [0.5, 0.6) is 0 Å². The minimum atomic E-state index is 0.416. The fourth-order valence-electron chi connectivity index (χ4n) is 1.83. The first-order chi connectivity index (χ1) is 9.69. The maximum absolute atomic E-state index is 5.93. The molecular formula is C15H19N3OS. The number of aliphatic imine (C=N–C) groups is 1. The first kappa shape index (κ1) is 14.6. The third-order valence-electron chi connectivity index (χ3n) is 2.78. The van der Waals surface area contributed by atoms with Crippen LogP contribution in [0.25, 0.3) is 0 Å². The summed E-state index contributed by atoms with van der Waals surface area (Å²) in [7, 11) is 1.67. The second kappa shape index (κ2) is 7.07. The van der Waals surface area contributed by atoms with E-state index in [1.807, 2.05) is 24.3 Å². The molecule has 20 heavy (non-hydrogen) atoms. The molecule has 0 aliphatic heterocycles. The minimum Gasteiger partial charge on any atom is -0.380 e. The summed E-state index contributed by atoms with van der Waals surface area (Å²) in [5, 5.41) is 3.12. The first-order valence-electron chi connectivity index (χ1n) is 6.38. The number of anilines is 1. The number of guanidine groups is 1. The Morgan fingerprint density at radius 2 is 2.10 bits per heavy atom. The summed E-state index contributed by atoms with van der Waals surface area (Å²) in [6.07, 6.45) is 0. The molecule has 2 rings (SSSR count). The van der Waals surface area contributed by atoms with Gasteiger partial charge in [-0.3, -0.25) is 0 Å². The Morgan fingerprint density at radius 3 is 2.80 bits per heavy atom. The number of hydrogen-bond acceptors (Lipinski definition) is 3. The topological polar surface area (TPSA) is 59.6 Å². The van der Waals surface area contributed by atoms with Crippen LogP contribution >= 0.6 is 11.3 Å². The highest BCUT2D eigenvalue weighted by atomic mass is 32.1. The lowest BCUT2D eigenvalue weighted by Crippen LogP contribution is -2.23. The summed E-state index contributed by atoms with van der Waals surface area (Å²) < 4.78 is 5.16. The van der Waals surface area contributed by atoms with Crippen LogP contribution in [0, 0.1) is 6.92 Å². The van der Waals surface area contributed by atoms with Crippen LogP contribution in [0.2, 0.25) is 0 Å². The van der Waals surface area contributed by atoms with Gasteiger partial charge in [-0.05, 0) is 25.1 Å². The molecule has 0 unspecified atom stereocenters. The number of nitrogens with one attached hydrogen (secondary N) is 1. The minimum absolute atomic E-state index is 0.416. The Bertz CT molecular complexity index is 592. The largest absolute Gasteiger partial charge is 0.380 e. The number of benzene rings is 1. The van der Waals surface area contributed by atoms with E-state index in [0.29, 0.717) is 19.1 Å². The van der Waals surface area contributed by atoms with Gasteiger partial charge in [0.25, 0.3) is 0 Å². The van der Waals surface area contributed by atoms with Crippen LogP contribution in [0.15, 0.2) is 41.4 Å². The van der Waals surface area contributed by atoms with Crippen LogP contribution in [0.4, 0.5) is 5.69 Å². The number of nitrogens with zero attached hydrogens (tertiary/aromatic N) is 1. The second-order valence-electron chi connectivity index (χ2n) is 4.43. The fraction of sp³-hybridized carbons (Fsp3) is 0.267. The summed E-state index contributed by atoms with van der Waals surface area (Å²) >= 11 is 1.74. The average Bonchev–Trinajstić information content (AvgIpc) is 2.85. The molecule has 1 aromatic heterocycles. The lowest BCUT2D eigenvalue weighted by molar-refractivity contribution is 0.185. The highest BCUT2D eigenvalue weighted by molar-refractivity contribution is 7.11. The Morgan fingerprint density at radius 1 is 1.30 bits per heavy atom. The van der Waals surface area contributed by atoms with Crippen molar-refractivity contribution in [1.29, 1.82) is 0 Å². The van der Waals surface area contributed by atoms with Crippen molar-refractivity contribution >= 4 is 23.0 Å². The van der Waals surface area contributed by atoms with Gasteiger partial charge in [0.05, 0.1) is 13.2 Å². The van der Waals surface area contributed by atoms with Crippen LogP contribution in [-0.2, 0) is 17.9 Å². The van der Waals surface area contributed by atoms with Crippen molar-refractivity contribution in [2.45, 2.75) is 20.1 Å². The Kier molecular flexibility index (Phi) is 5.15. The molecule has 3 N–H and O–H groups in total. The summed E-state index contributed by atoms with van der Waals surface area (Å²) in [5.74, 6) is 0.416. The van der Waals surface area contributed by atoms with Gasteiger partial charge in [-0.1, -0.05) is 18.2 Å². The number of rotatable bonds is 5. The third-order valence-corrected chi connectivity index (χ3v) is 3.77. The zero-order valence-corrected chi connectivity index (χ0v) is 12.5. The van der Waals surface area contributed by atoms with Gasteiger partial charge < -0.3 is 15.8 Å². The van der Waals surface area contributed by atoms with E-state index in [4.69, 9.17) is 10.5 Å². The van der Waals surface area contributed by atoms with Crippen molar-refractivity contribution in [3.8, 4) is 0 Å². The van der Waals surface area contributed by atoms with E-state index < -0.39 is 0 Å². The molecule has 0 aliphatic carbocycles. The van der Waals surface area contributed by atoms with Gasteiger partial charge in [0, 0.05) is 28.1 Å². The SMILES string of the molecule is COCc1ccccc1NC(N)=NCc1ccc(C)s1.